The molecule has 0 aliphatic heterocycles. The van der Waals surface area contributed by atoms with Crippen LogP contribution in [0.5, 0.6) is 0 Å². The number of carbonyl (C=O) groups is 2. The molecule has 0 heterocycles. The Kier molecular flexibility index (Phi) is 4.50. The topological polar surface area (TPSA) is 54.4 Å². The van der Waals surface area contributed by atoms with Gasteiger partial charge in [-0.25, -0.2) is 0 Å². The van der Waals surface area contributed by atoms with Crippen LogP contribution in [0, 0.1) is 11.8 Å². The lowest BCUT2D eigenvalue weighted by Crippen LogP contribution is -2.25. The highest BCUT2D eigenvalue weighted by molar-refractivity contribution is 6.00. The Balaban J connectivity index is 2.19. The Morgan fingerprint density at radius 2 is 1.71 bits per heavy atom. The highest BCUT2D eigenvalue weighted by Gasteiger charge is 2.37. The third kappa shape index (κ3) is 3.17. The minimum Gasteiger partial charge on any atom is -0.481 e. The Morgan fingerprint density at radius 1 is 1.14 bits per heavy atom. The molecule has 0 saturated heterocycles. The zero-order valence-electron chi connectivity index (χ0n) is 13.1. The quantitative estimate of drug-likeness (QED) is 0.831. The number of hydrogen-bond acceptors (Lipinski definition) is 2. The normalized spacial score (nSPS) is 22.2. The van der Waals surface area contributed by atoms with Gasteiger partial charge in [-0.05, 0) is 30.2 Å². The SMILES string of the molecule is CCC(C)(C)c1ccc(C(=O)C2CCCC2C(=O)O)cc1. The second kappa shape index (κ2) is 6.00. The van der Waals surface area contributed by atoms with E-state index in [1.54, 1.807) is 0 Å². The van der Waals surface area contributed by atoms with E-state index in [1.165, 1.54) is 5.56 Å². The zero-order chi connectivity index (χ0) is 15.6. The molecule has 1 saturated carbocycles. The first kappa shape index (κ1) is 15.7. The minimum atomic E-state index is -0.838. The molecule has 0 radical (unpaired) electrons. The van der Waals surface area contributed by atoms with Crippen LogP contribution in [0.25, 0.3) is 0 Å². The van der Waals surface area contributed by atoms with Crippen LogP contribution in [0.3, 0.4) is 0 Å². The second-order valence-corrected chi connectivity index (χ2v) is 6.66. The summed E-state index contributed by atoms with van der Waals surface area (Å²) in [4.78, 5) is 23.7. The first-order chi connectivity index (χ1) is 9.86. The molecule has 3 nitrogen and oxygen atoms in total. The molecule has 0 bridgehead atoms. The molecule has 1 aliphatic rings. The summed E-state index contributed by atoms with van der Waals surface area (Å²) >= 11 is 0. The largest absolute Gasteiger partial charge is 0.481 e. The Labute approximate surface area is 126 Å². The van der Waals surface area contributed by atoms with Crippen LogP contribution in [0.1, 0.15) is 62.4 Å². The Hall–Kier alpha value is -1.64. The first-order valence-corrected chi connectivity index (χ1v) is 7.74. The maximum atomic E-state index is 12.5. The molecule has 0 spiro atoms. The maximum absolute atomic E-state index is 12.5. The monoisotopic (exact) mass is 288 g/mol. The van der Waals surface area contributed by atoms with E-state index in [9.17, 15) is 14.7 Å². The summed E-state index contributed by atoms with van der Waals surface area (Å²) in [7, 11) is 0. The molecule has 2 rings (SSSR count). The van der Waals surface area contributed by atoms with Gasteiger partial charge >= 0.3 is 5.97 Å². The van der Waals surface area contributed by atoms with Gasteiger partial charge in [0.25, 0.3) is 0 Å². The molecular formula is C18H24O3. The van der Waals surface area contributed by atoms with Crippen LogP contribution in [-0.2, 0) is 10.2 Å². The fourth-order valence-electron chi connectivity index (χ4n) is 3.07. The molecule has 2 atom stereocenters. The van der Waals surface area contributed by atoms with E-state index in [2.05, 4.69) is 20.8 Å². The number of carboxylic acids is 1. The summed E-state index contributed by atoms with van der Waals surface area (Å²) in [6, 6.07) is 7.71. The van der Waals surface area contributed by atoms with Crippen LogP contribution in [0.4, 0.5) is 0 Å². The molecule has 3 heteroatoms. The Morgan fingerprint density at radius 3 is 2.24 bits per heavy atom. The van der Waals surface area contributed by atoms with E-state index in [0.29, 0.717) is 18.4 Å². The van der Waals surface area contributed by atoms with Gasteiger partial charge in [-0.3, -0.25) is 9.59 Å². The van der Waals surface area contributed by atoms with Crippen molar-refractivity contribution in [3.8, 4) is 0 Å². The lowest BCUT2D eigenvalue weighted by molar-refractivity contribution is -0.142. The van der Waals surface area contributed by atoms with Gasteiger partial charge in [0, 0.05) is 11.5 Å². The number of carbonyl (C=O) groups excluding carboxylic acids is 1. The molecule has 1 aromatic carbocycles. The number of Topliss-reactive ketones (excluding diaryl/α,β-unsaturated/α-hetero) is 1. The predicted octanol–water partition coefficient (Wildman–Crippen LogP) is 4.06. The molecule has 0 aromatic heterocycles. The molecule has 2 unspecified atom stereocenters. The lowest BCUT2D eigenvalue weighted by atomic mass is 9.81. The first-order valence-electron chi connectivity index (χ1n) is 7.74. The van der Waals surface area contributed by atoms with Crippen LogP contribution >= 0.6 is 0 Å². The Bertz CT molecular complexity index is 528. The van der Waals surface area contributed by atoms with Crippen molar-refractivity contribution in [1.29, 1.82) is 0 Å². The average molecular weight is 288 g/mol. The predicted molar refractivity (Wildman–Crippen MR) is 82.6 cm³/mol. The van der Waals surface area contributed by atoms with Gasteiger partial charge in [-0.1, -0.05) is 51.5 Å². The summed E-state index contributed by atoms with van der Waals surface area (Å²) in [6.07, 6.45) is 3.17. The standard InChI is InChI=1S/C18H24O3/c1-4-18(2,3)13-10-8-12(9-11-13)16(19)14-6-5-7-15(14)17(20)21/h8-11,14-15H,4-7H2,1-3H3,(H,20,21). The van der Waals surface area contributed by atoms with E-state index in [-0.39, 0.29) is 17.1 Å². The number of aliphatic carboxylic acids is 1. The van der Waals surface area contributed by atoms with Crippen molar-refractivity contribution in [2.75, 3.05) is 0 Å². The molecule has 114 valence electrons. The van der Waals surface area contributed by atoms with Crippen molar-refractivity contribution in [1.82, 2.24) is 0 Å². The van der Waals surface area contributed by atoms with Gasteiger partial charge in [0.1, 0.15) is 0 Å². The summed E-state index contributed by atoms with van der Waals surface area (Å²) in [5, 5.41) is 9.21. The van der Waals surface area contributed by atoms with Gasteiger partial charge < -0.3 is 5.11 Å². The van der Waals surface area contributed by atoms with Crippen molar-refractivity contribution < 1.29 is 14.7 Å². The van der Waals surface area contributed by atoms with E-state index in [4.69, 9.17) is 0 Å². The van der Waals surface area contributed by atoms with Gasteiger partial charge in [0.2, 0.25) is 0 Å². The summed E-state index contributed by atoms with van der Waals surface area (Å²) < 4.78 is 0. The zero-order valence-corrected chi connectivity index (χ0v) is 13.1. The maximum Gasteiger partial charge on any atom is 0.307 e. The lowest BCUT2D eigenvalue weighted by Gasteiger charge is -2.23. The highest BCUT2D eigenvalue weighted by atomic mass is 16.4. The van der Waals surface area contributed by atoms with Crippen LogP contribution < -0.4 is 0 Å². The van der Waals surface area contributed by atoms with Crippen LogP contribution in [0.15, 0.2) is 24.3 Å². The van der Waals surface area contributed by atoms with E-state index >= 15 is 0 Å². The smallest absolute Gasteiger partial charge is 0.307 e. The van der Waals surface area contributed by atoms with Crippen molar-refractivity contribution in [3.63, 3.8) is 0 Å². The number of rotatable bonds is 5. The van der Waals surface area contributed by atoms with Gasteiger partial charge in [0.15, 0.2) is 5.78 Å². The van der Waals surface area contributed by atoms with Crippen LogP contribution in [0.2, 0.25) is 0 Å². The number of carboxylic acid groups (broad SMARTS) is 1. The average Bonchev–Trinajstić information content (AvgIpc) is 2.96. The number of hydrogen-bond donors (Lipinski definition) is 1. The van der Waals surface area contributed by atoms with Crippen molar-refractivity contribution in [2.24, 2.45) is 11.8 Å². The molecule has 21 heavy (non-hydrogen) atoms. The third-order valence-corrected chi connectivity index (χ3v) is 5.00. The van der Waals surface area contributed by atoms with Gasteiger partial charge in [-0.15, -0.1) is 0 Å². The highest BCUT2D eigenvalue weighted by Crippen LogP contribution is 2.35. The number of ketones is 1. The molecule has 1 fully saturated rings. The van der Waals surface area contributed by atoms with Crippen molar-refractivity contribution in [3.05, 3.63) is 35.4 Å². The van der Waals surface area contributed by atoms with E-state index < -0.39 is 11.9 Å². The second-order valence-electron chi connectivity index (χ2n) is 6.66. The van der Waals surface area contributed by atoms with Crippen molar-refractivity contribution in [2.45, 2.75) is 51.9 Å². The van der Waals surface area contributed by atoms with Crippen molar-refractivity contribution >= 4 is 11.8 Å². The molecule has 1 aromatic rings. The minimum absolute atomic E-state index is 0.0132. The fraction of sp³-hybridized carbons (Fsp3) is 0.556. The fourth-order valence-corrected chi connectivity index (χ4v) is 3.07. The summed E-state index contributed by atoms with van der Waals surface area (Å²) in [5.41, 5.74) is 1.95. The number of benzene rings is 1. The molecule has 1 aliphatic carbocycles. The molecule has 1 N–H and O–H groups in total. The van der Waals surface area contributed by atoms with E-state index in [0.717, 1.165) is 12.8 Å². The molecule has 0 amide bonds. The van der Waals surface area contributed by atoms with Crippen LogP contribution in [-0.4, -0.2) is 16.9 Å². The van der Waals surface area contributed by atoms with E-state index in [1.807, 2.05) is 24.3 Å². The third-order valence-electron chi connectivity index (χ3n) is 5.00. The summed E-state index contributed by atoms with van der Waals surface area (Å²) in [6.45, 7) is 6.51. The summed E-state index contributed by atoms with van der Waals surface area (Å²) in [5.74, 6) is -1.72. The van der Waals surface area contributed by atoms with Gasteiger partial charge in [0.05, 0.1) is 5.92 Å². The van der Waals surface area contributed by atoms with Gasteiger partial charge in [-0.2, -0.15) is 0 Å². The molecular weight excluding hydrogens is 264 g/mol.